The Kier molecular flexibility index (Phi) is 3.42. The zero-order chi connectivity index (χ0) is 14.9. The molecule has 0 spiro atoms. The van der Waals surface area contributed by atoms with Crippen LogP contribution >= 0.6 is 0 Å². The molecule has 2 aliphatic rings. The number of nitrogens with zero attached hydrogens (tertiary/aromatic N) is 3. The molecule has 0 unspecified atom stereocenters. The van der Waals surface area contributed by atoms with Gasteiger partial charge in [0.05, 0.1) is 12.8 Å². The molecule has 22 heavy (non-hydrogen) atoms. The van der Waals surface area contributed by atoms with Gasteiger partial charge in [-0.3, -0.25) is 0 Å². The van der Waals surface area contributed by atoms with Crippen LogP contribution in [0.4, 0.5) is 11.6 Å². The van der Waals surface area contributed by atoms with Crippen LogP contribution in [0.25, 0.3) is 0 Å². The lowest BCUT2D eigenvalue weighted by Gasteiger charge is -2.30. The molecule has 0 aliphatic carbocycles. The summed E-state index contributed by atoms with van der Waals surface area (Å²) in [6.45, 7) is 2.70. The van der Waals surface area contributed by atoms with Crippen LogP contribution in [0.1, 0.15) is 23.2 Å². The van der Waals surface area contributed by atoms with Gasteiger partial charge in [-0.25, -0.2) is 4.98 Å². The SMILES string of the molecule is COc1nc(N2CCCc3ccccc32)nc2c1CNCC2. The number of hydrogen-bond donors (Lipinski definition) is 1. The molecule has 0 atom stereocenters. The van der Waals surface area contributed by atoms with Gasteiger partial charge in [0.25, 0.3) is 0 Å². The molecular weight excluding hydrogens is 276 g/mol. The number of nitrogens with one attached hydrogen (secondary N) is 1. The van der Waals surface area contributed by atoms with Gasteiger partial charge in [0, 0.05) is 37.3 Å². The average molecular weight is 296 g/mol. The first kappa shape index (κ1) is 13.5. The van der Waals surface area contributed by atoms with Gasteiger partial charge in [-0.15, -0.1) is 0 Å². The highest BCUT2D eigenvalue weighted by atomic mass is 16.5. The van der Waals surface area contributed by atoms with E-state index in [1.807, 2.05) is 0 Å². The van der Waals surface area contributed by atoms with Crippen molar-refractivity contribution < 1.29 is 4.74 Å². The van der Waals surface area contributed by atoms with Crippen LogP contribution in [0.15, 0.2) is 24.3 Å². The normalized spacial score (nSPS) is 16.9. The fourth-order valence-corrected chi connectivity index (χ4v) is 3.33. The molecule has 0 saturated heterocycles. The predicted octanol–water partition coefficient (Wildman–Crippen LogP) is 2.22. The number of fused-ring (bicyclic) bond motifs is 2. The summed E-state index contributed by atoms with van der Waals surface area (Å²) in [5.41, 5.74) is 4.81. The third-order valence-electron chi connectivity index (χ3n) is 4.43. The van der Waals surface area contributed by atoms with Gasteiger partial charge < -0.3 is 15.0 Å². The molecule has 2 aromatic rings. The monoisotopic (exact) mass is 296 g/mol. The van der Waals surface area contributed by atoms with Gasteiger partial charge in [0.2, 0.25) is 11.8 Å². The number of methoxy groups -OCH3 is 1. The van der Waals surface area contributed by atoms with Crippen LogP contribution in [0.2, 0.25) is 0 Å². The maximum absolute atomic E-state index is 5.51. The number of rotatable bonds is 2. The largest absolute Gasteiger partial charge is 0.481 e. The van der Waals surface area contributed by atoms with Crippen LogP contribution in [0.3, 0.4) is 0 Å². The van der Waals surface area contributed by atoms with E-state index in [0.29, 0.717) is 5.88 Å². The lowest BCUT2D eigenvalue weighted by molar-refractivity contribution is 0.385. The van der Waals surface area contributed by atoms with Gasteiger partial charge in [-0.05, 0) is 24.5 Å². The number of anilines is 2. The molecule has 5 heteroatoms. The molecule has 0 radical (unpaired) electrons. The summed E-state index contributed by atoms with van der Waals surface area (Å²) >= 11 is 0. The third kappa shape index (κ3) is 2.22. The van der Waals surface area contributed by atoms with E-state index in [9.17, 15) is 0 Å². The average Bonchev–Trinajstić information content (AvgIpc) is 2.60. The lowest BCUT2D eigenvalue weighted by atomic mass is 10.0. The standard InChI is InChI=1S/C17H20N4O/c1-22-16-13-11-18-9-8-14(13)19-17(20-16)21-10-4-6-12-5-2-3-7-15(12)21/h2-3,5,7,18H,4,6,8-11H2,1H3. The summed E-state index contributed by atoms with van der Waals surface area (Å²) in [6.07, 6.45) is 3.18. The topological polar surface area (TPSA) is 50.3 Å². The third-order valence-corrected chi connectivity index (χ3v) is 4.43. The van der Waals surface area contributed by atoms with Crippen LogP contribution in [-0.2, 0) is 19.4 Å². The van der Waals surface area contributed by atoms with Crippen molar-refractivity contribution in [3.8, 4) is 5.88 Å². The quantitative estimate of drug-likeness (QED) is 0.921. The van der Waals surface area contributed by atoms with Crippen LogP contribution in [-0.4, -0.2) is 30.2 Å². The number of benzene rings is 1. The minimum absolute atomic E-state index is 0.704. The molecule has 114 valence electrons. The van der Waals surface area contributed by atoms with E-state index in [2.05, 4.69) is 39.5 Å². The molecule has 1 N–H and O–H groups in total. The molecule has 1 aromatic heterocycles. The van der Waals surface area contributed by atoms with Crippen LogP contribution in [0.5, 0.6) is 5.88 Å². The van der Waals surface area contributed by atoms with Crippen molar-refractivity contribution in [2.45, 2.75) is 25.8 Å². The number of ether oxygens (including phenoxy) is 1. The van der Waals surface area contributed by atoms with Crippen LogP contribution < -0.4 is 15.0 Å². The fraction of sp³-hybridized carbons (Fsp3) is 0.412. The van der Waals surface area contributed by atoms with E-state index < -0.39 is 0 Å². The Labute approximate surface area is 130 Å². The second-order valence-corrected chi connectivity index (χ2v) is 5.77. The van der Waals surface area contributed by atoms with Crippen molar-refractivity contribution >= 4 is 11.6 Å². The summed E-state index contributed by atoms with van der Waals surface area (Å²) in [4.78, 5) is 11.7. The Morgan fingerprint density at radius 1 is 1.18 bits per heavy atom. The van der Waals surface area contributed by atoms with E-state index >= 15 is 0 Å². The van der Waals surface area contributed by atoms with E-state index in [4.69, 9.17) is 9.72 Å². The molecule has 5 nitrogen and oxygen atoms in total. The van der Waals surface area contributed by atoms with E-state index in [1.165, 1.54) is 11.3 Å². The summed E-state index contributed by atoms with van der Waals surface area (Å²) in [5, 5.41) is 3.36. The second-order valence-electron chi connectivity index (χ2n) is 5.77. The van der Waals surface area contributed by atoms with Crippen LogP contribution in [0, 0.1) is 0 Å². The Morgan fingerprint density at radius 2 is 2.09 bits per heavy atom. The van der Waals surface area contributed by atoms with E-state index in [0.717, 1.165) is 56.1 Å². The molecule has 2 aliphatic heterocycles. The first-order valence-electron chi connectivity index (χ1n) is 7.87. The highest BCUT2D eigenvalue weighted by Crippen LogP contribution is 2.33. The predicted molar refractivity (Wildman–Crippen MR) is 85.8 cm³/mol. The summed E-state index contributed by atoms with van der Waals surface area (Å²) in [5.74, 6) is 1.47. The summed E-state index contributed by atoms with van der Waals surface area (Å²) in [6, 6.07) is 8.53. The van der Waals surface area contributed by atoms with E-state index in [-0.39, 0.29) is 0 Å². The highest BCUT2D eigenvalue weighted by Gasteiger charge is 2.24. The van der Waals surface area contributed by atoms with Gasteiger partial charge in [0.1, 0.15) is 0 Å². The summed E-state index contributed by atoms with van der Waals surface area (Å²) < 4.78 is 5.51. The Hall–Kier alpha value is -2.14. The fourth-order valence-electron chi connectivity index (χ4n) is 3.33. The molecule has 4 rings (SSSR count). The first-order chi connectivity index (χ1) is 10.9. The smallest absolute Gasteiger partial charge is 0.233 e. The molecular formula is C17H20N4O. The zero-order valence-electron chi connectivity index (χ0n) is 12.8. The molecule has 3 heterocycles. The van der Waals surface area contributed by atoms with Crippen molar-refractivity contribution in [1.29, 1.82) is 0 Å². The number of aromatic nitrogens is 2. The van der Waals surface area contributed by atoms with Gasteiger partial charge in [0.15, 0.2) is 0 Å². The minimum atomic E-state index is 0.704. The van der Waals surface area contributed by atoms with Crippen molar-refractivity contribution in [2.24, 2.45) is 0 Å². The van der Waals surface area contributed by atoms with Crippen molar-refractivity contribution in [3.63, 3.8) is 0 Å². The lowest BCUT2D eigenvalue weighted by Crippen LogP contribution is -2.30. The maximum Gasteiger partial charge on any atom is 0.233 e. The Morgan fingerprint density at radius 3 is 3.00 bits per heavy atom. The second kappa shape index (κ2) is 5.57. The number of aryl methyl sites for hydroxylation is 1. The Balaban J connectivity index is 1.80. The molecule has 0 saturated carbocycles. The van der Waals surface area contributed by atoms with Gasteiger partial charge >= 0.3 is 0 Å². The molecule has 0 amide bonds. The van der Waals surface area contributed by atoms with E-state index in [1.54, 1.807) is 7.11 Å². The summed E-state index contributed by atoms with van der Waals surface area (Å²) in [7, 11) is 1.69. The van der Waals surface area contributed by atoms with Crippen molar-refractivity contribution in [1.82, 2.24) is 15.3 Å². The van der Waals surface area contributed by atoms with Gasteiger partial charge in [-0.2, -0.15) is 4.98 Å². The molecule has 0 fully saturated rings. The number of para-hydroxylation sites is 1. The van der Waals surface area contributed by atoms with Crippen molar-refractivity contribution in [2.75, 3.05) is 25.1 Å². The first-order valence-corrected chi connectivity index (χ1v) is 7.87. The molecule has 0 bridgehead atoms. The van der Waals surface area contributed by atoms with Gasteiger partial charge in [-0.1, -0.05) is 18.2 Å². The molecule has 1 aromatic carbocycles. The Bertz CT molecular complexity index is 684. The maximum atomic E-state index is 5.51. The zero-order valence-corrected chi connectivity index (χ0v) is 12.8. The highest BCUT2D eigenvalue weighted by molar-refractivity contribution is 5.64. The van der Waals surface area contributed by atoms with Crippen molar-refractivity contribution in [3.05, 3.63) is 41.1 Å². The minimum Gasteiger partial charge on any atom is -0.481 e. The number of hydrogen-bond acceptors (Lipinski definition) is 5.